The van der Waals surface area contributed by atoms with E-state index in [0.29, 0.717) is 6.54 Å². The van der Waals surface area contributed by atoms with Crippen LogP contribution in [0.25, 0.3) is 10.9 Å². The van der Waals surface area contributed by atoms with Crippen LogP contribution in [0.2, 0.25) is 0 Å². The molecule has 0 bridgehead atoms. The number of fused-ring (bicyclic) bond motifs is 1. The topological polar surface area (TPSA) is 43.3 Å². The van der Waals surface area contributed by atoms with Crippen molar-refractivity contribution in [3.05, 3.63) is 65.4 Å². The van der Waals surface area contributed by atoms with Crippen molar-refractivity contribution in [3.63, 3.8) is 0 Å². The number of hydrogen-bond donors (Lipinski definition) is 1. The number of methoxy groups -OCH3 is 1. The summed E-state index contributed by atoms with van der Waals surface area (Å²) in [6.45, 7) is 2.47. The normalized spacial score (nSPS) is 10.7. The first-order valence-corrected chi connectivity index (χ1v) is 7.57. The summed E-state index contributed by atoms with van der Waals surface area (Å²) in [4.78, 5) is 12.6. The SMILES string of the molecule is COc1ccc(CNC(=O)c2c(C)n(C)c3ccccc23)cc1. The number of nitrogens with zero attached hydrogens (tertiary/aromatic N) is 1. The van der Waals surface area contributed by atoms with Crippen LogP contribution in [0.3, 0.4) is 0 Å². The molecule has 0 saturated heterocycles. The zero-order valence-electron chi connectivity index (χ0n) is 13.6. The Hall–Kier alpha value is -2.75. The number of benzene rings is 2. The van der Waals surface area contributed by atoms with Crippen LogP contribution in [-0.2, 0) is 13.6 Å². The summed E-state index contributed by atoms with van der Waals surface area (Å²) in [6.07, 6.45) is 0. The van der Waals surface area contributed by atoms with Gasteiger partial charge in [0, 0.05) is 30.2 Å². The van der Waals surface area contributed by atoms with Gasteiger partial charge in [0.05, 0.1) is 12.7 Å². The van der Waals surface area contributed by atoms with Crippen molar-refractivity contribution >= 4 is 16.8 Å². The van der Waals surface area contributed by atoms with Gasteiger partial charge in [-0.1, -0.05) is 30.3 Å². The highest BCUT2D eigenvalue weighted by Gasteiger charge is 2.17. The van der Waals surface area contributed by atoms with Gasteiger partial charge in [-0.05, 0) is 30.7 Å². The molecule has 2 aromatic carbocycles. The van der Waals surface area contributed by atoms with Gasteiger partial charge in [-0.2, -0.15) is 0 Å². The molecule has 1 N–H and O–H groups in total. The number of rotatable bonds is 4. The molecule has 1 amide bonds. The van der Waals surface area contributed by atoms with E-state index in [1.165, 1.54) is 0 Å². The van der Waals surface area contributed by atoms with Gasteiger partial charge in [-0.25, -0.2) is 0 Å². The summed E-state index contributed by atoms with van der Waals surface area (Å²) in [6, 6.07) is 15.7. The Morgan fingerprint density at radius 1 is 1.13 bits per heavy atom. The lowest BCUT2D eigenvalue weighted by atomic mass is 10.1. The van der Waals surface area contributed by atoms with Crippen LogP contribution in [0, 0.1) is 6.92 Å². The maximum atomic E-state index is 12.6. The maximum Gasteiger partial charge on any atom is 0.254 e. The smallest absolute Gasteiger partial charge is 0.254 e. The highest BCUT2D eigenvalue weighted by atomic mass is 16.5. The summed E-state index contributed by atoms with van der Waals surface area (Å²) in [5.74, 6) is 0.764. The van der Waals surface area contributed by atoms with Gasteiger partial charge in [-0.3, -0.25) is 4.79 Å². The molecule has 0 atom stereocenters. The van der Waals surface area contributed by atoms with Crippen LogP contribution in [0.5, 0.6) is 5.75 Å². The molecule has 0 aliphatic heterocycles. The minimum atomic E-state index is -0.0462. The van der Waals surface area contributed by atoms with Crippen LogP contribution in [-0.4, -0.2) is 17.6 Å². The molecule has 1 heterocycles. The molecule has 3 rings (SSSR count). The first-order valence-electron chi connectivity index (χ1n) is 7.57. The van der Waals surface area contributed by atoms with Crippen molar-refractivity contribution in [1.82, 2.24) is 9.88 Å². The third kappa shape index (κ3) is 2.80. The van der Waals surface area contributed by atoms with Crippen LogP contribution < -0.4 is 10.1 Å². The third-order valence-electron chi connectivity index (χ3n) is 4.24. The zero-order valence-corrected chi connectivity index (χ0v) is 13.6. The van der Waals surface area contributed by atoms with E-state index in [0.717, 1.165) is 33.5 Å². The number of para-hydroxylation sites is 1. The fourth-order valence-electron chi connectivity index (χ4n) is 2.82. The predicted octanol–water partition coefficient (Wildman–Crippen LogP) is 3.43. The lowest BCUT2D eigenvalue weighted by Crippen LogP contribution is -2.23. The van der Waals surface area contributed by atoms with E-state index in [1.54, 1.807) is 7.11 Å². The van der Waals surface area contributed by atoms with Crippen molar-refractivity contribution < 1.29 is 9.53 Å². The zero-order chi connectivity index (χ0) is 16.4. The van der Waals surface area contributed by atoms with E-state index in [4.69, 9.17) is 4.74 Å². The summed E-state index contributed by atoms with van der Waals surface area (Å²) < 4.78 is 7.19. The second kappa shape index (κ2) is 6.16. The van der Waals surface area contributed by atoms with Gasteiger partial charge >= 0.3 is 0 Å². The van der Waals surface area contributed by atoms with Gasteiger partial charge in [0.1, 0.15) is 5.75 Å². The summed E-state index contributed by atoms with van der Waals surface area (Å²) >= 11 is 0. The molecule has 0 aliphatic rings. The number of hydrogen-bond acceptors (Lipinski definition) is 2. The van der Waals surface area contributed by atoms with E-state index in [2.05, 4.69) is 9.88 Å². The van der Waals surface area contributed by atoms with E-state index >= 15 is 0 Å². The Bertz CT molecular complexity index is 848. The molecule has 3 aromatic rings. The molecule has 0 radical (unpaired) electrons. The molecule has 0 fully saturated rings. The largest absolute Gasteiger partial charge is 0.497 e. The van der Waals surface area contributed by atoms with E-state index in [9.17, 15) is 4.79 Å². The number of ether oxygens (including phenoxy) is 1. The van der Waals surface area contributed by atoms with Crippen molar-refractivity contribution in [1.29, 1.82) is 0 Å². The number of carbonyl (C=O) groups is 1. The van der Waals surface area contributed by atoms with Crippen LogP contribution in [0.15, 0.2) is 48.5 Å². The lowest BCUT2D eigenvalue weighted by Gasteiger charge is -2.07. The molecule has 1 aromatic heterocycles. The molecule has 23 heavy (non-hydrogen) atoms. The van der Waals surface area contributed by atoms with Crippen LogP contribution in [0.1, 0.15) is 21.6 Å². The first kappa shape index (κ1) is 15.2. The summed E-state index contributed by atoms with van der Waals surface area (Å²) in [5, 5.41) is 3.99. The van der Waals surface area contributed by atoms with Gasteiger partial charge in [0.15, 0.2) is 0 Å². The molecular formula is C19H20N2O2. The van der Waals surface area contributed by atoms with Crippen molar-refractivity contribution in [3.8, 4) is 5.75 Å². The van der Waals surface area contributed by atoms with Crippen LogP contribution >= 0.6 is 0 Å². The van der Waals surface area contributed by atoms with Gasteiger partial charge in [0.2, 0.25) is 0 Å². The molecule has 4 heteroatoms. The van der Waals surface area contributed by atoms with E-state index in [1.807, 2.05) is 62.5 Å². The highest BCUT2D eigenvalue weighted by molar-refractivity contribution is 6.08. The molecule has 118 valence electrons. The second-order valence-corrected chi connectivity index (χ2v) is 5.57. The number of nitrogens with one attached hydrogen (secondary N) is 1. The van der Waals surface area contributed by atoms with Crippen LogP contribution in [0.4, 0.5) is 0 Å². The first-order chi connectivity index (χ1) is 11.1. The molecule has 0 saturated carbocycles. The monoisotopic (exact) mass is 308 g/mol. The Labute approximate surface area is 135 Å². The number of aromatic nitrogens is 1. The van der Waals surface area contributed by atoms with Crippen molar-refractivity contribution in [2.24, 2.45) is 7.05 Å². The highest BCUT2D eigenvalue weighted by Crippen LogP contribution is 2.24. The Morgan fingerprint density at radius 2 is 1.83 bits per heavy atom. The fourth-order valence-corrected chi connectivity index (χ4v) is 2.82. The minimum Gasteiger partial charge on any atom is -0.497 e. The molecule has 0 aliphatic carbocycles. The van der Waals surface area contributed by atoms with E-state index in [-0.39, 0.29) is 5.91 Å². The molecular weight excluding hydrogens is 288 g/mol. The number of amides is 1. The molecule has 0 spiro atoms. The van der Waals surface area contributed by atoms with Gasteiger partial charge in [-0.15, -0.1) is 0 Å². The van der Waals surface area contributed by atoms with Crippen molar-refractivity contribution in [2.45, 2.75) is 13.5 Å². The minimum absolute atomic E-state index is 0.0462. The third-order valence-corrected chi connectivity index (χ3v) is 4.24. The Kier molecular flexibility index (Phi) is 4.06. The lowest BCUT2D eigenvalue weighted by molar-refractivity contribution is 0.0951. The quantitative estimate of drug-likeness (QED) is 0.802. The van der Waals surface area contributed by atoms with Gasteiger partial charge < -0.3 is 14.6 Å². The predicted molar refractivity (Wildman–Crippen MR) is 91.8 cm³/mol. The summed E-state index contributed by atoms with van der Waals surface area (Å²) in [7, 11) is 3.62. The fraction of sp³-hybridized carbons (Fsp3) is 0.211. The maximum absolute atomic E-state index is 12.6. The summed E-state index contributed by atoms with van der Waals surface area (Å²) in [5.41, 5.74) is 3.83. The van der Waals surface area contributed by atoms with Crippen molar-refractivity contribution in [2.75, 3.05) is 7.11 Å². The number of aryl methyl sites for hydroxylation is 1. The molecule has 4 nitrogen and oxygen atoms in total. The Balaban J connectivity index is 1.82. The molecule has 0 unspecified atom stereocenters. The van der Waals surface area contributed by atoms with Gasteiger partial charge in [0.25, 0.3) is 5.91 Å². The standard InChI is InChI=1S/C19H20N2O2/c1-13-18(16-6-4-5-7-17(16)21(13)2)19(22)20-12-14-8-10-15(23-3)11-9-14/h4-11H,12H2,1-3H3,(H,20,22). The number of carbonyl (C=O) groups excluding carboxylic acids is 1. The van der Waals surface area contributed by atoms with E-state index < -0.39 is 0 Å². The average Bonchev–Trinajstić information content (AvgIpc) is 2.85. The Morgan fingerprint density at radius 3 is 2.52 bits per heavy atom. The second-order valence-electron chi connectivity index (χ2n) is 5.57. The average molecular weight is 308 g/mol.